The van der Waals surface area contributed by atoms with Crippen LogP contribution < -0.4 is 10.6 Å². The lowest BCUT2D eigenvalue weighted by Crippen LogP contribution is -2.27. The Hall–Kier alpha value is -1.32. The van der Waals surface area contributed by atoms with Gasteiger partial charge in [0.15, 0.2) is 0 Å². The number of nitrogen functional groups attached to an aromatic ring is 1. The molecule has 0 bridgehead atoms. The van der Waals surface area contributed by atoms with Crippen molar-refractivity contribution in [3.8, 4) is 0 Å². The van der Waals surface area contributed by atoms with E-state index in [0.717, 1.165) is 25.0 Å². The van der Waals surface area contributed by atoms with Crippen LogP contribution >= 0.6 is 0 Å². The SMILES string of the molecule is CCN(CC1CC1)c1nccc(N)n1. The third-order valence-corrected chi connectivity index (χ3v) is 2.50. The zero-order valence-electron chi connectivity index (χ0n) is 8.48. The van der Waals surface area contributed by atoms with Gasteiger partial charge in [-0.2, -0.15) is 4.98 Å². The highest BCUT2D eigenvalue weighted by molar-refractivity contribution is 5.37. The normalized spacial score (nSPS) is 15.5. The van der Waals surface area contributed by atoms with Crippen LogP contribution in [0.1, 0.15) is 19.8 Å². The Morgan fingerprint density at radius 3 is 2.93 bits per heavy atom. The van der Waals surface area contributed by atoms with Crippen molar-refractivity contribution in [3.63, 3.8) is 0 Å². The van der Waals surface area contributed by atoms with Crippen LogP contribution in [-0.2, 0) is 0 Å². The van der Waals surface area contributed by atoms with Gasteiger partial charge < -0.3 is 10.6 Å². The molecule has 1 fully saturated rings. The van der Waals surface area contributed by atoms with E-state index in [1.807, 2.05) is 0 Å². The molecule has 1 aromatic heterocycles. The van der Waals surface area contributed by atoms with E-state index in [1.54, 1.807) is 12.3 Å². The summed E-state index contributed by atoms with van der Waals surface area (Å²) in [4.78, 5) is 10.6. The lowest BCUT2D eigenvalue weighted by Gasteiger charge is -2.20. The van der Waals surface area contributed by atoms with Gasteiger partial charge in [-0.3, -0.25) is 0 Å². The van der Waals surface area contributed by atoms with Gasteiger partial charge in [0.05, 0.1) is 0 Å². The van der Waals surface area contributed by atoms with Crippen molar-refractivity contribution in [2.75, 3.05) is 23.7 Å². The lowest BCUT2D eigenvalue weighted by atomic mass is 10.4. The minimum atomic E-state index is 0.546. The molecule has 4 heteroatoms. The molecular formula is C10H16N4. The second kappa shape index (κ2) is 3.82. The molecule has 0 aromatic carbocycles. The Kier molecular flexibility index (Phi) is 2.52. The Bertz CT molecular complexity index is 309. The highest BCUT2D eigenvalue weighted by atomic mass is 15.3. The van der Waals surface area contributed by atoms with E-state index in [9.17, 15) is 0 Å². The fourth-order valence-electron chi connectivity index (χ4n) is 1.48. The van der Waals surface area contributed by atoms with Crippen LogP contribution in [0.25, 0.3) is 0 Å². The molecule has 0 saturated heterocycles. The zero-order chi connectivity index (χ0) is 9.97. The van der Waals surface area contributed by atoms with Crippen molar-refractivity contribution in [1.82, 2.24) is 9.97 Å². The molecule has 1 aliphatic rings. The summed E-state index contributed by atoms with van der Waals surface area (Å²) < 4.78 is 0. The van der Waals surface area contributed by atoms with Gasteiger partial charge in [-0.15, -0.1) is 0 Å². The van der Waals surface area contributed by atoms with Gasteiger partial charge in [-0.05, 0) is 31.7 Å². The summed E-state index contributed by atoms with van der Waals surface area (Å²) in [5.74, 6) is 2.16. The predicted molar refractivity (Wildman–Crippen MR) is 57.1 cm³/mol. The quantitative estimate of drug-likeness (QED) is 0.781. The van der Waals surface area contributed by atoms with Gasteiger partial charge in [0.2, 0.25) is 5.95 Å². The van der Waals surface area contributed by atoms with Crippen LogP contribution in [0.15, 0.2) is 12.3 Å². The van der Waals surface area contributed by atoms with Crippen molar-refractivity contribution >= 4 is 11.8 Å². The monoisotopic (exact) mass is 192 g/mol. The number of nitrogens with two attached hydrogens (primary N) is 1. The van der Waals surface area contributed by atoms with Gasteiger partial charge in [0.25, 0.3) is 0 Å². The number of anilines is 2. The summed E-state index contributed by atoms with van der Waals surface area (Å²) in [5, 5.41) is 0. The molecule has 1 saturated carbocycles. The molecule has 0 aliphatic heterocycles. The Balaban J connectivity index is 2.08. The first-order valence-electron chi connectivity index (χ1n) is 5.13. The Morgan fingerprint density at radius 2 is 2.36 bits per heavy atom. The molecule has 76 valence electrons. The van der Waals surface area contributed by atoms with E-state index in [0.29, 0.717) is 5.82 Å². The second-order valence-corrected chi connectivity index (χ2v) is 3.76. The first-order chi connectivity index (χ1) is 6.79. The summed E-state index contributed by atoms with van der Waals surface area (Å²) in [6.45, 7) is 4.13. The molecule has 1 aliphatic carbocycles. The van der Waals surface area contributed by atoms with Gasteiger partial charge in [-0.25, -0.2) is 4.98 Å². The van der Waals surface area contributed by atoms with Crippen LogP contribution in [0.5, 0.6) is 0 Å². The minimum Gasteiger partial charge on any atom is -0.384 e. The third kappa shape index (κ3) is 2.13. The first-order valence-corrected chi connectivity index (χ1v) is 5.13. The molecule has 0 radical (unpaired) electrons. The van der Waals surface area contributed by atoms with Crippen molar-refractivity contribution in [2.45, 2.75) is 19.8 Å². The fourth-order valence-corrected chi connectivity index (χ4v) is 1.48. The van der Waals surface area contributed by atoms with Crippen LogP contribution in [0.4, 0.5) is 11.8 Å². The Labute approximate surface area is 84.2 Å². The molecule has 0 atom stereocenters. The van der Waals surface area contributed by atoms with Gasteiger partial charge >= 0.3 is 0 Å². The highest BCUT2D eigenvalue weighted by Crippen LogP contribution is 2.30. The first kappa shape index (κ1) is 9.24. The maximum absolute atomic E-state index is 5.62. The number of rotatable bonds is 4. The number of hydrogen-bond donors (Lipinski definition) is 1. The summed E-state index contributed by atoms with van der Waals surface area (Å²) in [5.41, 5.74) is 5.62. The number of nitrogens with zero attached hydrogens (tertiary/aromatic N) is 3. The molecular weight excluding hydrogens is 176 g/mol. The van der Waals surface area contributed by atoms with Gasteiger partial charge in [0.1, 0.15) is 5.82 Å². The minimum absolute atomic E-state index is 0.546. The van der Waals surface area contributed by atoms with Crippen LogP contribution in [0, 0.1) is 5.92 Å². The molecule has 2 N–H and O–H groups in total. The molecule has 0 unspecified atom stereocenters. The van der Waals surface area contributed by atoms with E-state index < -0.39 is 0 Å². The molecule has 0 spiro atoms. The zero-order valence-corrected chi connectivity index (χ0v) is 8.48. The lowest BCUT2D eigenvalue weighted by molar-refractivity contribution is 0.720. The average Bonchev–Trinajstić information content (AvgIpc) is 2.98. The Morgan fingerprint density at radius 1 is 1.57 bits per heavy atom. The molecule has 2 rings (SSSR count). The molecule has 14 heavy (non-hydrogen) atoms. The second-order valence-electron chi connectivity index (χ2n) is 3.76. The molecule has 4 nitrogen and oxygen atoms in total. The smallest absolute Gasteiger partial charge is 0.227 e. The van der Waals surface area contributed by atoms with Gasteiger partial charge in [0, 0.05) is 19.3 Å². The standard InChI is InChI=1S/C10H16N4/c1-2-14(7-8-3-4-8)10-12-6-5-9(11)13-10/h5-6,8H,2-4,7H2,1H3,(H2,11,12,13). The third-order valence-electron chi connectivity index (χ3n) is 2.50. The van der Waals surface area contributed by atoms with E-state index >= 15 is 0 Å². The summed E-state index contributed by atoms with van der Waals surface area (Å²) in [6.07, 6.45) is 4.41. The van der Waals surface area contributed by atoms with Gasteiger partial charge in [-0.1, -0.05) is 0 Å². The topological polar surface area (TPSA) is 55.0 Å². The van der Waals surface area contributed by atoms with E-state index in [1.165, 1.54) is 12.8 Å². The van der Waals surface area contributed by atoms with E-state index in [4.69, 9.17) is 5.73 Å². The maximum Gasteiger partial charge on any atom is 0.227 e. The molecule has 0 amide bonds. The number of hydrogen-bond acceptors (Lipinski definition) is 4. The summed E-state index contributed by atoms with van der Waals surface area (Å²) in [7, 11) is 0. The van der Waals surface area contributed by atoms with Crippen molar-refractivity contribution in [1.29, 1.82) is 0 Å². The van der Waals surface area contributed by atoms with Crippen LogP contribution in [-0.4, -0.2) is 23.1 Å². The molecule has 1 heterocycles. The van der Waals surface area contributed by atoms with E-state index in [2.05, 4.69) is 21.8 Å². The summed E-state index contributed by atoms with van der Waals surface area (Å²) >= 11 is 0. The van der Waals surface area contributed by atoms with Crippen molar-refractivity contribution in [3.05, 3.63) is 12.3 Å². The molecule has 1 aromatic rings. The van der Waals surface area contributed by atoms with Crippen molar-refractivity contribution < 1.29 is 0 Å². The maximum atomic E-state index is 5.62. The van der Waals surface area contributed by atoms with Crippen LogP contribution in [0.2, 0.25) is 0 Å². The van der Waals surface area contributed by atoms with E-state index in [-0.39, 0.29) is 0 Å². The highest BCUT2D eigenvalue weighted by Gasteiger charge is 2.24. The van der Waals surface area contributed by atoms with Crippen molar-refractivity contribution in [2.24, 2.45) is 5.92 Å². The predicted octanol–water partition coefficient (Wildman–Crippen LogP) is 1.30. The average molecular weight is 192 g/mol. The van der Waals surface area contributed by atoms with Crippen LogP contribution in [0.3, 0.4) is 0 Å². The number of aromatic nitrogens is 2. The summed E-state index contributed by atoms with van der Waals surface area (Å²) in [6, 6.07) is 1.72. The largest absolute Gasteiger partial charge is 0.384 e. The fraction of sp³-hybridized carbons (Fsp3) is 0.600.